The summed E-state index contributed by atoms with van der Waals surface area (Å²) in [5.74, 6) is -0.0900. The van der Waals surface area contributed by atoms with Gasteiger partial charge in [-0.2, -0.15) is 4.31 Å². The Kier molecular flexibility index (Phi) is 5.40. The summed E-state index contributed by atoms with van der Waals surface area (Å²) in [6.45, 7) is 2.26. The molecule has 8 nitrogen and oxygen atoms in total. The highest BCUT2D eigenvalue weighted by Crippen LogP contribution is 2.34. The largest absolute Gasteiger partial charge is 0.490 e. The lowest BCUT2D eigenvalue weighted by Gasteiger charge is -2.26. The molecule has 0 unspecified atom stereocenters. The zero-order valence-corrected chi connectivity index (χ0v) is 18.3. The minimum Gasteiger partial charge on any atom is -0.490 e. The molecule has 0 spiro atoms. The Bertz CT molecular complexity index is 1160. The van der Waals surface area contributed by atoms with Gasteiger partial charge in [0.25, 0.3) is 0 Å². The highest BCUT2D eigenvalue weighted by Gasteiger charge is 2.39. The fraction of sp³-hybridized carbons (Fsp3) is 0.348. The summed E-state index contributed by atoms with van der Waals surface area (Å²) in [6, 6.07) is 14.1. The number of hydrogen-bond acceptors (Lipinski definition) is 6. The van der Waals surface area contributed by atoms with Gasteiger partial charge in [-0.3, -0.25) is 4.79 Å². The highest BCUT2D eigenvalue weighted by atomic mass is 32.2. The second-order valence-corrected chi connectivity index (χ2v) is 10.2. The van der Waals surface area contributed by atoms with Gasteiger partial charge in [0, 0.05) is 32.7 Å². The van der Waals surface area contributed by atoms with Crippen LogP contribution in [0.3, 0.4) is 0 Å². The number of rotatable bonds is 5. The maximum Gasteiger partial charge on any atom is 0.243 e. The van der Waals surface area contributed by atoms with E-state index in [1.165, 1.54) is 4.31 Å². The number of amides is 1. The lowest BCUT2D eigenvalue weighted by Crippen LogP contribution is -2.39. The summed E-state index contributed by atoms with van der Waals surface area (Å²) in [7, 11) is -3.66. The first-order valence-electron chi connectivity index (χ1n) is 10.6. The van der Waals surface area contributed by atoms with Crippen LogP contribution in [0.4, 0.5) is 5.69 Å². The van der Waals surface area contributed by atoms with Crippen molar-refractivity contribution in [1.29, 1.82) is 0 Å². The Hall–Kier alpha value is -2.88. The van der Waals surface area contributed by atoms with Gasteiger partial charge in [-0.15, -0.1) is 0 Å². The van der Waals surface area contributed by atoms with E-state index in [0.29, 0.717) is 37.7 Å². The number of carbonyl (C=O) groups excluding carboxylic acids is 1. The van der Waals surface area contributed by atoms with E-state index < -0.39 is 15.9 Å². The van der Waals surface area contributed by atoms with Crippen LogP contribution in [0.1, 0.15) is 11.5 Å². The maximum absolute atomic E-state index is 13.2. The average molecular weight is 456 g/mol. The third kappa shape index (κ3) is 3.66. The summed E-state index contributed by atoms with van der Waals surface area (Å²) in [6.07, 6.45) is 0. The Morgan fingerprint density at radius 3 is 2.47 bits per heavy atom. The van der Waals surface area contributed by atoms with E-state index in [1.807, 2.05) is 30.3 Å². The van der Waals surface area contributed by atoms with E-state index in [-0.39, 0.29) is 30.5 Å². The van der Waals surface area contributed by atoms with E-state index in [1.54, 1.807) is 23.1 Å². The van der Waals surface area contributed by atoms with Gasteiger partial charge in [-0.25, -0.2) is 8.42 Å². The van der Waals surface area contributed by atoms with Gasteiger partial charge in [0.05, 0.1) is 23.1 Å². The molecule has 3 aliphatic rings. The zero-order chi connectivity index (χ0) is 22.3. The molecular formula is C23H25N3O5S. The maximum atomic E-state index is 13.2. The lowest BCUT2D eigenvalue weighted by atomic mass is 9.98. The van der Waals surface area contributed by atoms with Crippen molar-refractivity contribution in [2.75, 3.05) is 51.3 Å². The van der Waals surface area contributed by atoms with Gasteiger partial charge in [0.2, 0.25) is 15.9 Å². The number of nitrogens with one attached hydrogen (secondary N) is 1. The standard InChI is InChI=1S/C23H25N3O5S/c27-15-20(16-4-2-1-3-5-16)23(28)25-11-17-13-26(14-18(17)12-25)32(29,30)19-6-7-22-21(10-19)24-8-9-31-22/h1-7,10,20,24,27H,8-9,11-15H2/t20-/m1/s1. The minimum atomic E-state index is -3.66. The first-order chi connectivity index (χ1) is 15.5. The van der Waals surface area contributed by atoms with Crippen LogP contribution in [0, 0.1) is 0 Å². The molecule has 1 amide bonds. The van der Waals surface area contributed by atoms with Crippen LogP contribution in [0.25, 0.3) is 0 Å². The van der Waals surface area contributed by atoms with Crippen LogP contribution in [0.5, 0.6) is 5.75 Å². The number of hydrogen-bond donors (Lipinski definition) is 2. The number of benzene rings is 2. The Balaban J connectivity index is 1.27. The number of carbonyl (C=O) groups is 1. The van der Waals surface area contributed by atoms with Gasteiger partial charge in [-0.05, 0) is 34.9 Å². The van der Waals surface area contributed by atoms with E-state index in [4.69, 9.17) is 4.74 Å². The fourth-order valence-corrected chi connectivity index (χ4v) is 5.99. The number of nitrogens with zero attached hydrogens (tertiary/aromatic N) is 2. The van der Waals surface area contributed by atoms with E-state index >= 15 is 0 Å². The number of ether oxygens (including phenoxy) is 1. The zero-order valence-electron chi connectivity index (χ0n) is 17.5. The molecule has 5 rings (SSSR count). The van der Waals surface area contributed by atoms with Crippen LogP contribution in [0.15, 0.2) is 64.6 Å². The van der Waals surface area contributed by atoms with E-state index in [9.17, 15) is 18.3 Å². The Morgan fingerprint density at radius 2 is 1.78 bits per heavy atom. The molecule has 0 saturated heterocycles. The first kappa shape index (κ1) is 21.0. The molecule has 2 aromatic rings. The van der Waals surface area contributed by atoms with Crippen LogP contribution in [-0.4, -0.2) is 74.6 Å². The van der Waals surface area contributed by atoms with Crippen molar-refractivity contribution in [3.8, 4) is 5.75 Å². The van der Waals surface area contributed by atoms with Gasteiger partial charge < -0.3 is 20.1 Å². The van der Waals surface area contributed by atoms with Gasteiger partial charge >= 0.3 is 0 Å². The summed E-state index contributed by atoms with van der Waals surface area (Å²) in [4.78, 5) is 15.0. The third-order valence-corrected chi connectivity index (χ3v) is 8.04. The van der Waals surface area contributed by atoms with E-state index in [2.05, 4.69) is 5.32 Å². The molecule has 3 heterocycles. The number of fused-ring (bicyclic) bond motifs is 1. The topological polar surface area (TPSA) is 99.2 Å². The molecule has 0 fully saturated rings. The smallest absolute Gasteiger partial charge is 0.243 e. The minimum absolute atomic E-state index is 0.136. The molecule has 3 aliphatic heterocycles. The van der Waals surface area contributed by atoms with Crippen molar-refractivity contribution in [2.24, 2.45) is 0 Å². The molecule has 2 N–H and O–H groups in total. The predicted octanol–water partition coefficient (Wildman–Crippen LogP) is 1.41. The Morgan fingerprint density at radius 1 is 1.06 bits per heavy atom. The summed E-state index contributed by atoms with van der Waals surface area (Å²) >= 11 is 0. The molecule has 0 radical (unpaired) electrons. The quantitative estimate of drug-likeness (QED) is 0.662. The SMILES string of the molecule is O=C([C@H](CO)c1ccccc1)N1CC2=C(C1)CN(S(=O)(=O)c1ccc3c(c1)NCCO3)C2. The van der Waals surface area contributed by atoms with Gasteiger partial charge in [0.15, 0.2) is 0 Å². The molecule has 1 atom stereocenters. The van der Waals surface area contributed by atoms with Crippen LogP contribution < -0.4 is 10.1 Å². The summed E-state index contributed by atoms with van der Waals surface area (Å²) < 4.78 is 33.4. The third-order valence-electron chi connectivity index (χ3n) is 6.26. The normalized spacial score (nSPS) is 19.2. The van der Waals surface area contributed by atoms with Crippen molar-refractivity contribution in [3.05, 3.63) is 65.2 Å². The van der Waals surface area contributed by atoms with Crippen molar-refractivity contribution < 1.29 is 23.1 Å². The predicted molar refractivity (Wildman–Crippen MR) is 119 cm³/mol. The van der Waals surface area contributed by atoms with Crippen molar-refractivity contribution in [2.45, 2.75) is 10.8 Å². The Labute approximate surface area is 187 Å². The van der Waals surface area contributed by atoms with Gasteiger partial charge in [0.1, 0.15) is 12.4 Å². The average Bonchev–Trinajstić information content (AvgIpc) is 3.40. The molecule has 32 heavy (non-hydrogen) atoms. The van der Waals surface area contributed by atoms with Gasteiger partial charge in [-0.1, -0.05) is 30.3 Å². The molecule has 2 aromatic carbocycles. The molecule has 168 valence electrons. The highest BCUT2D eigenvalue weighted by molar-refractivity contribution is 7.89. The molecule has 0 saturated carbocycles. The number of aliphatic hydroxyl groups is 1. The number of aliphatic hydroxyl groups excluding tert-OH is 1. The van der Waals surface area contributed by atoms with E-state index in [0.717, 1.165) is 16.7 Å². The van der Waals surface area contributed by atoms with Crippen molar-refractivity contribution >= 4 is 21.6 Å². The van der Waals surface area contributed by atoms with Crippen LogP contribution in [0.2, 0.25) is 0 Å². The molecular weight excluding hydrogens is 430 g/mol. The molecule has 0 aliphatic carbocycles. The van der Waals surface area contributed by atoms with Crippen LogP contribution in [-0.2, 0) is 14.8 Å². The summed E-state index contributed by atoms with van der Waals surface area (Å²) in [5, 5.41) is 13.0. The fourth-order valence-electron chi connectivity index (χ4n) is 4.53. The number of anilines is 1. The monoisotopic (exact) mass is 455 g/mol. The molecule has 9 heteroatoms. The lowest BCUT2D eigenvalue weighted by molar-refractivity contribution is -0.132. The van der Waals surface area contributed by atoms with Crippen LogP contribution >= 0.6 is 0 Å². The molecule has 0 bridgehead atoms. The number of sulfonamides is 1. The first-order valence-corrected chi connectivity index (χ1v) is 12.1. The second-order valence-electron chi connectivity index (χ2n) is 8.25. The summed E-state index contributed by atoms with van der Waals surface area (Å²) in [5.41, 5.74) is 3.39. The van der Waals surface area contributed by atoms with Crippen molar-refractivity contribution in [1.82, 2.24) is 9.21 Å². The molecule has 0 aromatic heterocycles. The second kappa shape index (κ2) is 8.23. The van der Waals surface area contributed by atoms with Crippen molar-refractivity contribution in [3.63, 3.8) is 0 Å².